The molecule has 1 aromatic heterocycles. The van der Waals surface area contributed by atoms with E-state index in [0.29, 0.717) is 0 Å². The molecule has 0 aliphatic heterocycles. The number of rotatable bonds is 7. The summed E-state index contributed by atoms with van der Waals surface area (Å²) < 4.78 is 6.39. The highest BCUT2D eigenvalue weighted by Gasteiger charge is 2.19. The van der Waals surface area contributed by atoms with E-state index in [1.807, 2.05) is 12.1 Å². The second kappa shape index (κ2) is 13.4. The quantitative estimate of drug-likeness (QED) is 0.166. The van der Waals surface area contributed by atoms with Gasteiger partial charge in [0.2, 0.25) is 0 Å². The molecule has 0 N–H and O–H groups in total. The highest BCUT2D eigenvalue weighted by atomic mass is 16.3. The minimum absolute atomic E-state index is 0.915. The lowest BCUT2D eigenvalue weighted by Gasteiger charge is -2.28. The van der Waals surface area contributed by atoms with Crippen molar-refractivity contribution in [1.82, 2.24) is 0 Å². The molecule has 54 heavy (non-hydrogen) atoms. The number of furan rings is 1. The fraction of sp³-hybridized carbons (Fsp3) is 0. The molecule has 10 aromatic rings. The minimum atomic E-state index is 0.915. The first-order valence-corrected chi connectivity index (χ1v) is 18.4. The van der Waals surface area contributed by atoms with Crippen LogP contribution in [0.25, 0.3) is 77.2 Å². The van der Waals surface area contributed by atoms with Gasteiger partial charge in [-0.3, -0.25) is 0 Å². The molecule has 1 heterocycles. The number of para-hydroxylation sites is 2. The highest BCUT2D eigenvalue weighted by Crippen LogP contribution is 2.43. The van der Waals surface area contributed by atoms with Crippen LogP contribution in [0.3, 0.4) is 0 Å². The zero-order valence-electron chi connectivity index (χ0n) is 29.6. The molecule has 0 saturated carbocycles. The predicted molar refractivity (Wildman–Crippen MR) is 228 cm³/mol. The van der Waals surface area contributed by atoms with Crippen LogP contribution >= 0.6 is 0 Å². The average molecular weight is 690 g/mol. The van der Waals surface area contributed by atoms with E-state index in [-0.39, 0.29) is 0 Å². The first-order valence-electron chi connectivity index (χ1n) is 18.4. The summed E-state index contributed by atoms with van der Waals surface area (Å²) in [5, 5.41) is 4.56. The Balaban J connectivity index is 1.06. The van der Waals surface area contributed by atoms with Crippen molar-refractivity contribution in [3.8, 4) is 44.5 Å². The van der Waals surface area contributed by atoms with Crippen molar-refractivity contribution in [2.75, 3.05) is 4.90 Å². The molecule has 0 saturated heterocycles. The van der Waals surface area contributed by atoms with Crippen LogP contribution in [0.2, 0.25) is 0 Å². The van der Waals surface area contributed by atoms with E-state index < -0.39 is 0 Å². The Kier molecular flexibility index (Phi) is 7.85. The van der Waals surface area contributed by atoms with Gasteiger partial charge in [0, 0.05) is 33.1 Å². The van der Waals surface area contributed by atoms with Crippen LogP contribution in [0.5, 0.6) is 0 Å². The Morgan fingerprint density at radius 1 is 0.315 bits per heavy atom. The normalized spacial score (nSPS) is 11.3. The third kappa shape index (κ3) is 5.71. The summed E-state index contributed by atoms with van der Waals surface area (Å²) in [6.45, 7) is 0. The molecule has 0 amide bonds. The summed E-state index contributed by atoms with van der Waals surface area (Å²) in [4.78, 5) is 2.37. The lowest BCUT2D eigenvalue weighted by Crippen LogP contribution is -2.11. The largest absolute Gasteiger partial charge is 0.455 e. The van der Waals surface area contributed by atoms with Gasteiger partial charge >= 0.3 is 0 Å². The van der Waals surface area contributed by atoms with Gasteiger partial charge in [0.15, 0.2) is 0 Å². The summed E-state index contributed by atoms with van der Waals surface area (Å²) in [7, 11) is 0. The van der Waals surface area contributed by atoms with Gasteiger partial charge in [-0.2, -0.15) is 0 Å². The fourth-order valence-corrected chi connectivity index (χ4v) is 7.74. The number of nitrogens with zero attached hydrogens (tertiary/aromatic N) is 1. The minimum Gasteiger partial charge on any atom is -0.455 e. The molecule has 9 aromatic carbocycles. The Labute approximate surface area is 314 Å². The van der Waals surface area contributed by atoms with Crippen molar-refractivity contribution in [3.63, 3.8) is 0 Å². The fourth-order valence-electron chi connectivity index (χ4n) is 7.74. The van der Waals surface area contributed by atoms with Crippen LogP contribution in [0, 0.1) is 0 Å². The SMILES string of the molecule is c1ccc(-c2ccc(-c3ccc(N(c4ccc(-c5ccccc5)cc4)c4ccccc4-c4ccc5c(ccc6c7ccccc7oc56)c4)cc3)cc2)cc1. The van der Waals surface area contributed by atoms with E-state index in [0.717, 1.165) is 60.9 Å². The number of hydrogen-bond donors (Lipinski definition) is 0. The zero-order chi connectivity index (χ0) is 35.8. The van der Waals surface area contributed by atoms with E-state index in [2.05, 4.69) is 205 Å². The molecule has 10 rings (SSSR count). The first kappa shape index (κ1) is 31.6. The Hall–Kier alpha value is -7.16. The van der Waals surface area contributed by atoms with Crippen molar-refractivity contribution < 1.29 is 4.42 Å². The van der Waals surface area contributed by atoms with Gasteiger partial charge in [-0.05, 0) is 98.9 Å². The first-order chi connectivity index (χ1) is 26.8. The molecular formula is C52H35NO. The van der Waals surface area contributed by atoms with Crippen LogP contribution in [0.1, 0.15) is 0 Å². The number of benzene rings is 9. The monoisotopic (exact) mass is 689 g/mol. The molecule has 2 heteroatoms. The zero-order valence-corrected chi connectivity index (χ0v) is 29.6. The maximum absolute atomic E-state index is 6.39. The summed E-state index contributed by atoms with van der Waals surface area (Å²) in [6, 6.07) is 75.9. The van der Waals surface area contributed by atoms with Gasteiger partial charge in [0.05, 0.1) is 5.69 Å². The van der Waals surface area contributed by atoms with Gasteiger partial charge in [-0.1, -0.05) is 158 Å². The number of anilines is 3. The van der Waals surface area contributed by atoms with Crippen LogP contribution < -0.4 is 4.90 Å². The molecule has 0 atom stereocenters. The maximum Gasteiger partial charge on any atom is 0.143 e. The van der Waals surface area contributed by atoms with Crippen molar-refractivity contribution in [2.24, 2.45) is 0 Å². The molecule has 2 nitrogen and oxygen atoms in total. The lowest BCUT2D eigenvalue weighted by molar-refractivity contribution is 0.672. The van der Waals surface area contributed by atoms with Crippen molar-refractivity contribution in [1.29, 1.82) is 0 Å². The molecule has 0 fully saturated rings. The average Bonchev–Trinajstić information content (AvgIpc) is 3.64. The summed E-state index contributed by atoms with van der Waals surface area (Å²) in [5.41, 5.74) is 14.6. The van der Waals surface area contributed by atoms with Crippen molar-refractivity contribution in [3.05, 3.63) is 212 Å². The lowest BCUT2D eigenvalue weighted by atomic mass is 9.97. The molecular weight excluding hydrogens is 655 g/mol. The summed E-state index contributed by atoms with van der Waals surface area (Å²) >= 11 is 0. The van der Waals surface area contributed by atoms with Crippen LogP contribution in [-0.4, -0.2) is 0 Å². The van der Waals surface area contributed by atoms with Crippen LogP contribution in [0.15, 0.2) is 217 Å². The molecule has 0 radical (unpaired) electrons. The molecule has 0 unspecified atom stereocenters. The smallest absolute Gasteiger partial charge is 0.143 e. The number of hydrogen-bond acceptors (Lipinski definition) is 2. The van der Waals surface area contributed by atoms with Crippen molar-refractivity contribution in [2.45, 2.75) is 0 Å². The number of fused-ring (bicyclic) bond motifs is 5. The van der Waals surface area contributed by atoms with E-state index in [4.69, 9.17) is 4.42 Å². The van der Waals surface area contributed by atoms with Crippen LogP contribution in [0.4, 0.5) is 17.1 Å². The predicted octanol–water partition coefficient (Wildman–Crippen LogP) is 14.9. The van der Waals surface area contributed by atoms with Gasteiger partial charge < -0.3 is 9.32 Å². The van der Waals surface area contributed by atoms with E-state index >= 15 is 0 Å². The molecule has 0 aliphatic carbocycles. The van der Waals surface area contributed by atoms with Gasteiger partial charge in [-0.15, -0.1) is 0 Å². The Morgan fingerprint density at radius 2 is 0.778 bits per heavy atom. The standard InChI is InChI=1S/C52H35NO/c1-3-11-36(12-4-1)38-19-21-39(22-20-38)41-25-31-45(32-26-41)53(44-29-23-40(24-30-44)37-13-5-2-6-14-37)50-17-9-7-15-46(50)42-27-33-47-43(35-42)28-34-49-48-16-8-10-18-51(48)54-52(47)49/h1-35H. The molecule has 0 bridgehead atoms. The third-order valence-electron chi connectivity index (χ3n) is 10.5. The van der Waals surface area contributed by atoms with Gasteiger partial charge in [-0.25, -0.2) is 0 Å². The summed E-state index contributed by atoms with van der Waals surface area (Å²) in [5.74, 6) is 0. The van der Waals surface area contributed by atoms with E-state index in [1.165, 1.54) is 33.4 Å². The Morgan fingerprint density at radius 3 is 1.39 bits per heavy atom. The molecule has 0 aliphatic rings. The topological polar surface area (TPSA) is 16.4 Å². The van der Waals surface area contributed by atoms with Gasteiger partial charge in [0.1, 0.15) is 11.2 Å². The van der Waals surface area contributed by atoms with E-state index in [1.54, 1.807) is 0 Å². The summed E-state index contributed by atoms with van der Waals surface area (Å²) in [6.07, 6.45) is 0. The third-order valence-corrected chi connectivity index (χ3v) is 10.5. The van der Waals surface area contributed by atoms with E-state index in [9.17, 15) is 0 Å². The highest BCUT2D eigenvalue weighted by molar-refractivity contribution is 6.15. The molecule has 254 valence electrons. The van der Waals surface area contributed by atoms with Crippen molar-refractivity contribution >= 4 is 49.8 Å². The maximum atomic E-state index is 6.39. The second-order valence-electron chi connectivity index (χ2n) is 13.7. The Bertz CT molecular complexity index is 2890. The van der Waals surface area contributed by atoms with Crippen LogP contribution in [-0.2, 0) is 0 Å². The van der Waals surface area contributed by atoms with Gasteiger partial charge in [0.25, 0.3) is 0 Å². The molecule has 0 spiro atoms. The second-order valence-corrected chi connectivity index (χ2v) is 13.7.